The van der Waals surface area contributed by atoms with Crippen LogP contribution in [0.1, 0.15) is 32.1 Å². The molecule has 0 aromatic carbocycles. The van der Waals surface area contributed by atoms with E-state index in [-0.39, 0.29) is 0 Å². The van der Waals surface area contributed by atoms with E-state index in [1.165, 1.54) is 38.9 Å². The average Bonchev–Trinajstić information content (AvgIpc) is 3.03. The Morgan fingerprint density at radius 3 is 2.78 bits per heavy atom. The molecule has 0 aliphatic carbocycles. The van der Waals surface area contributed by atoms with Gasteiger partial charge in [0.25, 0.3) is 0 Å². The summed E-state index contributed by atoms with van der Waals surface area (Å²) in [5.41, 5.74) is 0.549. The Bertz CT molecular complexity index is 644. The summed E-state index contributed by atoms with van der Waals surface area (Å²) < 4.78 is 10.1. The topological polar surface area (TPSA) is 84.3 Å². The van der Waals surface area contributed by atoms with Gasteiger partial charge in [0.15, 0.2) is 0 Å². The maximum atomic E-state index is 10.9. The Morgan fingerprint density at radius 2 is 2.09 bits per heavy atom. The largest absolute Gasteiger partial charge is 0.492 e. The molecule has 0 amide bonds. The standard InChI is InChI=1S/C16H22N4O3/c21-16-18-15(19-23-16)14-7-6-13(12-17-14)22-11-5-4-10-20-8-2-1-3-9-20/h6-7,12H,1-5,8-11H2,(H,18,19,21). The second-order valence-corrected chi connectivity index (χ2v) is 5.78. The van der Waals surface area contributed by atoms with E-state index < -0.39 is 5.76 Å². The van der Waals surface area contributed by atoms with Crippen LogP contribution in [0.4, 0.5) is 0 Å². The summed E-state index contributed by atoms with van der Waals surface area (Å²) in [5, 5.41) is 3.60. The minimum atomic E-state index is -0.587. The van der Waals surface area contributed by atoms with Gasteiger partial charge >= 0.3 is 5.76 Å². The minimum Gasteiger partial charge on any atom is -0.492 e. The molecule has 124 valence electrons. The summed E-state index contributed by atoms with van der Waals surface area (Å²) in [6.07, 6.45) is 7.88. The highest BCUT2D eigenvalue weighted by Crippen LogP contribution is 2.15. The number of aromatic amines is 1. The number of hydrogen-bond acceptors (Lipinski definition) is 6. The van der Waals surface area contributed by atoms with Crippen LogP contribution in [0.5, 0.6) is 5.75 Å². The third kappa shape index (κ3) is 4.66. The second-order valence-electron chi connectivity index (χ2n) is 5.78. The summed E-state index contributed by atoms with van der Waals surface area (Å²) in [6.45, 7) is 4.35. The van der Waals surface area contributed by atoms with Gasteiger partial charge in [0, 0.05) is 0 Å². The minimum absolute atomic E-state index is 0.322. The molecule has 0 unspecified atom stereocenters. The van der Waals surface area contributed by atoms with Crippen molar-refractivity contribution < 1.29 is 9.26 Å². The highest BCUT2D eigenvalue weighted by molar-refractivity contribution is 5.48. The zero-order valence-corrected chi connectivity index (χ0v) is 13.2. The first-order valence-electron chi connectivity index (χ1n) is 8.19. The van der Waals surface area contributed by atoms with E-state index in [1.54, 1.807) is 12.3 Å². The molecule has 0 saturated carbocycles. The molecule has 1 N–H and O–H groups in total. The first-order valence-corrected chi connectivity index (χ1v) is 8.19. The van der Waals surface area contributed by atoms with Gasteiger partial charge in [-0.1, -0.05) is 11.6 Å². The molecule has 1 saturated heterocycles. The van der Waals surface area contributed by atoms with Crippen molar-refractivity contribution in [3.63, 3.8) is 0 Å². The number of unbranched alkanes of at least 4 members (excludes halogenated alkanes) is 1. The molecule has 3 rings (SSSR count). The lowest BCUT2D eigenvalue weighted by Crippen LogP contribution is -2.30. The Labute approximate surface area is 134 Å². The number of rotatable bonds is 7. The van der Waals surface area contributed by atoms with Gasteiger partial charge < -0.3 is 9.64 Å². The van der Waals surface area contributed by atoms with Crippen molar-refractivity contribution in [2.75, 3.05) is 26.2 Å². The molecule has 1 aliphatic heterocycles. The van der Waals surface area contributed by atoms with Crippen LogP contribution in [0.25, 0.3) is 11.5 Å². The molecule has 2 aromatic rings. The van der Waals surface area contributed by atoms with Gasteiger partial charge in [0.05, 0.1) is 12.8 Å². The van der Waals surface area contributed by atoms with Crippen molar-refractivity contribution in [3.8, 4) is 17.3 Å². The van der Waals surface area contributed by atoms with Crippen LogP contribution in [0.3, 0.4) is 0 Å². The van der Waals surface area contributed by atoms with Gasteiger partial charge in [-0.15, -0.1) is 0 Å². The molecular weight excluding hydrogens is 296 g/mol. The molecule has 0 radical (unpaired) electrons. The molecule has 0 spiro atoms. The van der Waals surface area contributed by atoms with Crippen molar-refractivity contribution in [1.29, 1.82) is 0 Å². The van der Waals surface area contributed by atoms with E-state index in [1.807, 2.05) is 6.07 Å². The van der Waals surface area contributed by atoms with Gasteiger partial charge in [-0.3, -0.25) is 9.51 Å². The zero-order chi connectivity index (χ0) is 15.9. The van der Waals surface area contributed by atoms with Crippen LogP contribution >= 0.6 is 0 Å². The first kappa shape index (κ1) is 15.7. The van der Waals surface area contributed by atoms with Crippen LogP contribution in [0.2, 0.25) is 0 Å². The molecule has 2 aromatic heterocycles. The molecular formula is C16H22N4O3. The van der Waals surface area contributed by atoms with Crippen LogP contribution < -0.4 is 10.5 Å². The number of H-pyrrole nitrogens is 1. The monoisotopic (exact) mass is 318 g/mol. The summed E-state index contributed by atoms with van der Waals surface area (Å²) in [6, 6.07) is 3.57. The predicted octanol–water partition coefficient (Wildman–Crippen LogP) is 2.07. The Morgan fingerprint density at radius 1 is 1.22 bits per heavy atom. The summed E-state index contributed by atoms with van der Waals surface area (Å²) in [7, 11) is 0. The molecule has 7 heteroatoms. The van der Waals surface area contributed by atoms with Crippen LogP contribution in [-0.2, 0) is 0 Å². The molecule has 1 fully saturated rings. The normalized spacial score (nSPS) is 15.7. The Kier molecular flexibility index (Phi) is 5.42. The number of hydrogen-bond donors (Lipinski definition) is 1. The SMILES string of the molecule is O=c1[nH]c(-c2ccc(OCCCCN3CCCCC3)cn2)no1. The predicted molar refractivity (Wildman–Crippen MR) is 85.4 cm³/mol. The molecule has 23 heavy (non-hydrogen) atoms. The van der Waals surface area contributed by atoms with Crippen LogP contribution in [0, 0.1) is 0 Å². The number of pyridine rings is 1. The maximum absolute atomic E-state index is 10.9. The van der Waals surface area contributed by atoms with Crippen molar-refractivity contribution in [2.45, 2.75) is 32.1 Å². The lowest BCUT2D eigenvalue weighted by Gasteiger charge is -2.26. The number of likely N-dealkylation sites (tertiary alicyclic amines) is 1. The number of nitrogens with zero attached hydrogens (tertiary/aromatic N) is 3. The van der Waals surface area contributed by atoms with E-state index in [4.69, 9.17) is 4.74 Å². The van der Waals surface area contributed by atoms with E-state index in [9.17, 15) is 4.79 Å². The third-order valence-electron chi connectivity index (χ3n) is 4.01. The summed E-state index contributed by atoms with van der Waals surface area (Å²) >= 11 is 0. The fourth-order valence-corrected chi connectivity index (χ4v) is 2.76. The van der Waals surface area contributed by atoms with E-state index in [0.717, 1.165) is 18.6 Å². The fraction of sp³-hybridized carbons (Fsp3) is 0.562. The van der Waals surface area contributed by atoms with Crippen LogP contribution in [0.15, 0.2) is 27.6 Å². The highest BCUT2D eigenvalue weighted by atomic mass is 16.5. The van der Waals surface area contributed by atoms with Gasteiger partial charge in [0.2, 0.25) is 5.82 Å². The Balaban J connectivity index is 1.38. The van der Waals surface area contributed by atoms with Crippen LogP contribution in [-0.4, -0.2) is 46.3 Å². The van der Waals surface area contributed by atoms with E-state index in [0.29, 0.717) is 18.1 Å². The van der Waals surface area contributed by atoms with Crippen molar-refractivity contribution >= 4 is 0 Å². The van der Waals surface area contributed by atoms with E-state index >= 15 is 0 Å². The molecule has 3 heterocycles. The summed E-state index contributed by atoms with van der Waals surface area (Å²) in [5.74, 6) is 0.455. The number of nitrogens with one attached hydrogen (secondary N) is 1. The Hall–Kier alpha value is -2.15. The van der Waals surface area contributed by atoms with Crippen molar-refractivity contribution in [2.24, 2.45) is 0 Å². The van der Waals surface area contributed by atoms with E-state index in [2.05, 4.69) is 24.5 Å². The molecule has 1 aliphatic rings. The lowest BCUT2D eigenvalue weighted by molar-refractivity contribution is 0.216. The van der Waals surface area contributed by atoms with Gasteiger partial charge in [0.1, 0.15) is 11.4 Å². The van der Waals surface area contributed by atoms with Crippen molar-refractivity contribution in [3.05, 3.63) is 28.9 Å². The molecule has 0 bridgehead atoms. The van der Waals surface area contributed by atoms with Crippen molar-refractivity contribution in [1.82, 2.24) is 20.0 Å². The average molecular weight is 318 g/mol. The maximum Gasteiger partial charge on any atom is 0.439 e. The third-order valence-corrected chi connectivity index (χ3v) is 4.01. The molecule has 0 atom stereocenters. The van der Waals surface area contributed by atoms with Gasteiger partial charge in [-0.05, 0) is 57.5 Å². The number of ether oxygens (including phenoxy) is 1. The number of aromatic nitrogens is 3. The fourth-order valence-electron chi connectivity index (χ4n) is 2.76. The lowest BCUT2D eigenvalue weighted by atomic mass is 10.1. The quantitative estimate of drug-likeness (QED) is 0.787. The smallest absolute Gasteiger partial charge is 0.439 e. The molecule has 7 nitrogen and oxygen atoms in total. The zero-order valence-electron chi connectivity index (χ0n) is 13.2. The second kappa shape index (κ2) is 7.92. The first-order chi connectivity index (χ1) is 11.3. The van der Waals surface area contributed by atoms with Gasteiger partial charge in [-0.25, -0.2) is 9.78 Å². The van der Waals surface area contributed by atoms with Gasteiger partial charge in [-0.2, -0.15) is 0 Å². The number of piperidine rings is 1. The highest BCUT2D eigenvalue weighted by Gasteiger charge is 2.09. The summed E-state index contributed by atoms with van der Waals surface area (Å²) in [4.78, 5) is 20.1.